The summed E-state index contributed by atoms with van der Waals surface area (Å²) in [6.07, 6.45) is 5.20. The molecule has 0 amide bonds. The van der Waals surface area contributed by atoms with Gasteiger partial charge in [0.1, 0.15) is 0 Å². The number of rotatable bonds is 2. The van der Waals surface area contributed by atoms with Crippen LogP contribution in [0.15, 0.2) is 0 Å². The highest BCUT2D eigenvalue weighted by Crippen LogP contribution is 2.29. The molecule has 3 rings (SSSR count). The molecule has 6 heteroatoms. The summed E-state index contributed by atoms with van der Waals surface area (Å²) < 4.78 is 5.54. The summed E-state index contributed by atoms with van der Waals surface area (Å²) in [5.74, 6) is 0.780. The van der Waals surface area contributed by atoms with Crippen molar-refractivity contribution >= 4 is 24.8 Å². The molecule has 0 aromatic rings. The number of ether oxygens (including phenoxy) is 1. The third-order valence-electron chi connectivity index (χ3n) is 5.37. The lowest BCUT2D eigenvalue weighted by molar-refractivity contribution is 0.0602. The molecule has 0 radical (unpaired) electrons. The Morgan fingerprint density at radius 3 is 2.62 bits per heavy atom. The van der Waals surface area contributed by atoms with Crippen LogP contribution in [0, 0.1) is 5.92 Å². The lowest BCUT2D eigenvalue weighted by atomic mass is 9.86. The molecular formula is C15H31Cl2N3O. The van der Waals surface area contributed by atoms with Crippen LogP contribution in [0.1, 0.15) is 25.7 Å². The van der Waals surface area contributed by atoms with Crippen molar-refractivity contribution < 1.29 is 4.74 Å². The van der Waals surface area contributed by atoms with Gasteiger partial charge in [0.05, 0.1) is 6.61 Å². The molecule has 21 heavy (non-hydrogen) atoms. The molecule has 126 valence electrons. The van der Waals surface area contributed by atoms with Gasteiger partial charge in [0.15, 0.2) is 0 Å². The Morgan fingerprint density at radius 1 is 1.19 bits per heavy atom. The molecule has 1 atom stereocenters. The monoisotopic (exact) mass is 339 g/mol. The van der Waals surface area contributed by atoms with Gasteiger partial charge in [-0.1, -0.05) is 0 Å². The summed E-state index contributed by atoms with van der Waals surface area (Å²) in [6.45, 7) is 9.39. The minimum atomic E-state index is 0. The quantitative estimate of drug-likeness (QED) is 0.827. The number of nitrogens with zero attached hydrogens (tertiary/aromatic N) is 2. The lowest BCUT2D eigenvalue weighted by Gasteiger charge is -2.45. The van der Waals surface area contributed by atoms with E-state index in [1.807, 2.05) is 0 Å². The molecule has 0 bridgehead atoms. The number of hydrogen-bond donors (Lipinski definition) is 1. The minimum absolute atomic E-state index is 0. The summed E-state index contributed by atoms with van der Waals surface area (Å²) in [7, 11) is 2.34. The van der Waals surface area contributed by atoms with Gasteiger partial charge in [-0.2, -0.15) is 0 Å². The van der Waals surface area contributed by atoms with Crippen LogP contribution in [0.2, 0.25) is 0 Å². The molecule has 3 aliphatic rings. The van der Waals surface area contributed by atoms with Gasteiger partial charge in [-0.25, -0.2) is 0 Å². The second-order valence-corrected chi connectivity index (χ2v) is 6.71. The zero-order chi connectivity index (χ0) is 13.1. The normalized spacial score (nSPS) is 30.4. The maximum absolute atomic E-state index is 5.54. The summed E-state index contributed by atoms with van der Waals surface area (Å²) in [6, 6.07) is 0. The maximum atomic E-state index is 5.54. The van der Waals surface area contributed by atoms with Crippen molar-refractivity contribution in [3.05, 3.63) is 0 Å². The van der Waals surface area contributed by atoms with Crippen LogP contribution in [0.4, 0.5) is 0 Å². The Labute approximate surface area is 141 Å². The smallest absolute Gasteiger partial charge is 0.0507 e. The lowest BCUT2D eigenvalue weighted by Crippen LogP contribution is -2.57. The summed E-state index contributed by atoms with van der Waals surface area (Å²) in [4.78, 5) is 5.38. The molecule has 3 aliphatic heterocycles. The van der Waals surface area contributed by atoms with Gasteiger partial charge in [0.25, 0.3) is 0 Å². The van der Waals surface area contributed by atoms with Gasteiger partial charge >= 0.3 is 0 Å². The van der Waals surface area contributed by atoms with Crippen LogP contribution < -0.4 is 5.32 Å². The van der Waals surface area contributed by atoms with Gasteiger partial charge in [-0.15, -0.1) is 24.8 Å². The second kappa shape index (κ2) is 8.90. The third kappa shape index (κ3) is 4.69. The first-order valence-corrected chi connectivity index (χ1v) is 8.01. The molecule has 1 N–H and O–H groups in total. The summed E-state index contributed by atoms with van der Waals surface area (Å²) >= 11 is 0. The highest BCUT2D eigenvalue weighted by atomic mass is 35.5. The van der Waals surface area contributed by atoms with E-state index in [0.717, 1.165) is 19.1 Å². The maximum Gasteiger partial charge on any atom is 0.0507 e. The van der Waals surface area contributed by atoms with Crippen LogP contribution >= 0.6 is 24.8 Å². The number of nitrogens with one attached hydrogen (secondary N) is 1. The van der Waals surface area contributed by atoms with Crippen LogP contribution in [-0.2, 0) is 4.74 Å². The largest absolute Gasteiger partial charge is 0.381 e. The van der Waals surface area contributed by atoms with Crippen molar-refractivity contribution in [2.24, 2.45) is 5.92 Å². The zero-order valence-corrected chi connectivity index (χ0v) is 14.8. The van der Waals surface area contributed by atoms with E-state index in [-0.39, 0.29) is 24.8 Å². The fraction of sp³-hybridized carbons (Fsp3) is 1.00. The molecule has 3 saturated heterocycles. The van der Waals surface area contributed by atoms with Gasteiger partial charge in [0, 0.05) is 25.2 Å². The number of piperidine rings is 1. The average Bonchev–Trinajstić information content (AvgIpc) is 2.87. The Morgan fingerprint density at radius 2 is 1.95 bits per heavy atom. The number of halogens is 2. The number of hydrogen-bond acceptors (Lipinski definition) is 4. The topological polar surface area (TPSA) is 27.7 Å². The first-order valence-electron chi connectivity index (χ1n) is 8.01. The summed E-state index contributed by atoms with van der Waals surface area (Å²) in [5.41, 5.74) is 0.432. The van der Waals surface area contributed by atoms with Crippen molar-refractivity contribution in [1.29, 1.82) is 0 Å². The standard InChI is InChI=1S/C15H29N3O.2ClH/c1-17-8-2-9-18(11-14-3-10-19-12-14)13-15(17)4-6-16-7-5-15;;/h14,16H,2-13H2,1H3;2*1H. The Hall–Kier alpha value is 0.420. The Kier molecular flexibility index (Phi) is 8.25. The van der Waals surface area contributed by atoms with Gasteiger partial charge < -0.3 is 15.0 Å². The van der Waals surface area contributed by atoms with Crippen molar-refractivity contribution in [2.75, 3.05) is 59.5 Å². The summed E-state index contributed by atoms with van der Waals surface area (Å²) in [5, 5.41) is 3.52. The predicted octanol–water partition coefficient (Wildman–Crippen LogP) is 1.63. The SMILES string of the molecule is CN1CCCN(CC2CCOC2)CC12CCNCC2.Cl.Cl. The molecule has 4 nitrogen and oxygen atoms in total. The molecule has 3 fully saturated rings. The van der Waals surface area contributed by atoms with Crippen LogP contribution in [0.5, 0.6) is 0 Å². The van der Waals surface area contributed by atoms with Crippen LogP contribution in [0.3, 0.4) is 0 Å². The first-order chi connectivity index (χ1) is 9.28. The minimum Gasteiger partial charge on any atom is -0.381 e. The van der Waals surface area contributed by atoms with E-state index in [4.69, 9.17) is 4.74 Å². The third-order valence-corrected chi connectivity index (χ3v) is 5.37. The van der Waals surface area contributed by atoms with Crippen molar-refractivity contribution in [1.82, 2.24) is 15.1 Å². The van der Waals surface area contributed by atoms with Gasteiger partial charge in [-0.05, 0) is 64.8 Å². The van der Waals surface area contributed by atoms with Crippen LogP contribution in [-0.4, -0.2) is 74.9 Å². The van der Waals surface area contributed by atoms with Gasteiger partial charge in [-0.3, -0.25) is 4.90 Å². The molecule has 0 aromatic carbocycles. The highest BCUT2D eigenvalue weighted by molar-refractivity contribution is 5.85. The average molecular weight is 340 g/mol. The van der Waals surface area contributed by atoms with E-state index in [1.54, 1.807) is 0 Å². The molecule has 0 aromatic heterocycles. The number of likely N-dealkylation sites (N-methyl/N-ethyl adjacent to an activating group) is 1. The molecule has 3 heterocycles. The Bertz CT molecular complexity index is 295. The van der Waals surface area contributed by atoms with E-state index in [2.05, 4.69) is 22.2 Å². The predicted molar refractivity (Wildman–Crippen MR) is 91.9 cm³/mol. The van der Waals surface area contributed by atoms with E-state index in [1.165, 1.54) is 65.0 Å². The van der Waals surface area contributed by atoms with E-state index < -0.39 is 0 Å². The van der Waals surface area contributed by atoms with E-state index in [9.17, 15) is 0 Å². The molecular weight excluding hydrogens is 309 g/mol. The fourth-order valence-corrected chi connectivity index (χ4v) is 4.06. The second-order valence-electron chi connectivity index (χ2n) is 6.71. The molecule has 0 saturated carbocycles. The molecule has 0 aliphatic carbocycles. The van der Waals surface area contributed by atoms with Crippen molar-refractivity contribution in [3.8, 4) is 0 Å². The van der Waals surface area contributed by atoms with E-state index >= 15 is 0 Å². The molecule has 1 unspecified atom stereocenters. The van der Waals surface area contributed by atoms with E-state index in [0.29, 0.717) is 5.54 Å². The molecule has 1 spiro atoms. The highest BCUT2D eigenvalue weighted by Gasteiger charge is 2.39. The van der Waals surface area contributed by atoms with Crippen LogP contribution in [0.25, 0.3) is 0 Å². The zero-order valence-electron chi connectivity index (χ0n) is 13.2. The van der Waals surface area contributed by atoms with Crippen molar-refractivity contribution in [3.63, 3.8) is 0 Å². The fourth-order valence-electron chi connectivity index (χ4n) is 4.06. The Balaban J connectivity index is 0.00000110. The first kappa shape index (κ1) is 19.5. The van der Waals surface area contributed by atoms with Crippen molar-refractivity contribution in [2.45, 2.75) is 31.2 Å². The van der Waals surface area contributed by atoms with Gasteiger partial charge in [0.2, 0.25) is 0 Å².